The molecule has 0 aliphatic rings. The van der Waals surface area contributed by atoms with Gasteiger partial charge in [0.1, 0.15) is 5.82 Å². The van der Waals surface area contributed by atoms with E-state index in [-0.39, 0.29) is 5.82 Å². The van der Waals surface area contributed by atoms with Crippen LogP contribution in [0, 0.1) is 5.82 Å². The van der Waals surface area contributed by atoms with E-state index in [4.69, 9.17) is 10.3 Å². The van der Waals surface area contributed by atoms with Gasteiger partial charge < -0.3 is 10.3 Å². The first kappa shape index (κ1) is 12.8. The van der Waals surface area contributed by atoms with Crippen LogP contribution < -0.4 is 5.73 Å². The number of anilines is 1. The Morgan fingerprint density at radius 1 is 1.10 bits per heavy atom. The van der Waals surface area contributed by atoms with Gasteiger partial charge in [0.05, 0.1) is 4.47 Å². The molecule has 0 atom stereocenters. The molecule has 1 heterocycles. The highest BCUT2D eigenvalue weighted by Crippen LogP contribution is 2.26. The zero-order valence-corrected chi connectivity index (χ0v) is 11.8. The summed E-state index contributed by atoms with van der Waals surface area (Å²) in [5.74, 6) is 0.417. The second kappa shape index (κ2) is 5.05. The van der Waals surface area contributed by atoms with Crippen molar-refractivity contribution < 1.29 is 8.91 Å². The van der Waals surface area contributed by atoms with Gasteiger partial charge in [-0.2, -0.15) is 4.98 Å². The smallest absolute Gasteiger partial charge is 0.258 e. The fourth-order valence-corrected chi connectivity index (χ4v) is 2.14. The van der Waals surface area contributed by atoms with Gasteiger partial charge in [-0.05, 0) is 46.3 Å². The Kier molecular flexibility index (Phi) is 3.23. The SMILES string of the molecule is Nc1cccc(-c2noc(-c3ccc(F)c(Br)c3)n2)c1. The van der Waals surface area contributed by atoms with E-state index < -0.39 is 0 Å². The fraction of sp³-hybridized carbons (Fsp3) is 0. The highest BCUT2D eigenvalue weighted by Gasteiger charge is 2.12. The summed E-state index contributed by atoms with van der Waals surface area (Å²) in [5, 5.41) is 3.91. The molecule has 0 aliphatic heterocycles. The molecule has 0 saturated heterocycles. The Balaban J connectivity index is 1.99. The zero-order valence-electron chi connectivity index (χ0n) is 10.2. The lowest BCUT2D eigenvalue weighted by molar-refractivity contribution is 0.432. The summed E-state index contributed by atoms with van der Waals surface area (Å²) in [5.41, 5.74) is 7.74. The molecule has 0 radical (unpaired) electrons. The Labute approximate surface area is 122 Å². The Morgan fingerprint density at radius 3 is 2.70 bits per heavy atom. The lowest BCUT2D eigenvalue weighted by Gasteiger charge is -1.97. The van der Waals surface area contributed by atoms with Crippen molar-refractivity contribution in [1.29, 1.82) is 0 Å². The summed E-state index contributed by atoms with van der Waals surface area (Å²) in [6.07, 6.45) is 0. The number of nitrogen functional groups attached to an aromatic ring is 1. The number of nitrogens with two attached hydrogens (primary N) is 1. The van der Waals surface area contributed by atoms with Gasteiger partial charge in [0.2, 0.25) is 5.82 Å². The average Bonchev–Trinajstić information content (AvgIpc) is 2.92. The van der Waals surface area contributed by atoms with Crippen LogP contribution in [0.4, 0.5) is 10.1 Å². The molecule has 1 aromatic heterocycles. The number of hydrogen-bond acceptors (Lipinski definition) is 4. The van der Waals surface area contributed by atoms with Crippen molar-refractivity contribution in [2.24, 2.45) is 0 Å². The van der Waals surface area contributed by atoms with Crippen molar-refractivity contribution in [2.75, 3.05) is 5.73 Å². The minimum atomic E-state index is -0.343. The summed E-state index contributed by atoms with van der Waals surface area (Å²) < 4.78 is 18.7. The molecule has 0 amide bonds. The Hall–Kier alpha value is -2.21. The third-order valence-corrected chi connectivity index (χ3v) is 3.35. The third-order valence-electron chi connectivity index (χ3n) is 2.74. The van der Waals surface area contributed by atoms with Gasteiger partial charge in [-0.25, -0.2) is 4.39 Å². The molecule has 0 saturated carbocycles. The van der Waals surface area contributed by atoms with E-state index in [9.17, 15) is 4.39 Å². The van der Waals surface area contributed by atoms with Crippen LogP contribution in [0.25, 0.3) is 22.8 Å². The molecule has 2 N–H and O–H groups in total. The molecule has 0 aliphatic carbocycles. The average molecular weight is 334 g/mol. The Bertz CT molecular complexity index is 773. The van der Waals surface area contributed by atoms with E-state index in [1.54, 1.807) is 24.3 Å². The predicted molar refractivity (Wildman–Crippen MR) is 77.2 cm³/mol. The minimum absolute atomic E-state index is 0.322. The molecular weight excluding hydrogens is 325 g/mol. The normalized spacial score (nSPS) is 10.7. The molecule has 0 spiro atoms. The first-order chi connectivity index (χ1) is 9.63. The molecule has 6 heteroatoms. The molecule has 3 rings (SSSR count). The lowest BCUT2D eigenvalue weighted by atomic mass is 10.2. The van der Waals surface area contributed by atoms with Crippen molar-refractivity contribution in [1.82, 2.24) is 10.1 Å². The maximum atomic E-state index is 13.2. The predicted octanol–water partition coefficient (Wildman–Crippen LogP) is 3.89. The van der Waals surface area contributed by atoms with Crippen LogP contribution in [0.15, 0.2) is 51.5 Å². The number of halogens is 2. The van der Waals surface area contributed by atoms with Crippen LogP contribution in [-0.2, 0) is 0 Å². The third kappa shape index (κ3) is 2.42. The van der Waals surface area contributed by atoms with Gasteiger partial charge in [-0.15, -0.1) is 0 Å². The summed E-state index contributed by atoms with van der Waals surface area (Å²) in [6, 6.07) is 11.7. The van der Waals surface area contributed by atoms with Crippen LogP contribution >= 0.6 is 15.9 Å². The summed E-state index contributed by atoms with van der Waals surface area (Å²) in [4.78, 5) is 4.29. The molecule has 20 heavy (non-hydrogen) atoms. The van der Waals surface area contributed by atoms with Gasteiger partial charge in [0, 0.05) is 16.8 Å². The van der Waals surface area contributed by atoms with E-state index in [0.29, 0.717) is 27.4 Å². The second-order valence-electron chi connectivity index (χ2n) is 4.18. The standard InChI is InChI=1S/C14H9BrFN3O/c15-11-7-9(4-5-12(11)16)14-18-13(19-20-14)8-2-1-3-10(17)6-8/h1-7H,17H2. The van der Waals surface area contributed by atoms with Crippen LogP contribution in [-0.4, -0.2) is 10.1 Å². The Morgan fingerprint density at radius 2 is 1.95 bits per heavy atom. The molecular formula is C14H9BrFN3O. The van der Waals surface area contributed by atoms with Crippen LogP contribution in [0.2, 0.25) is 0 Å². The highest BCUT2D eigenvalue weighted by molar-refractivity contribution is 9.10. The molecule has 2 aromatic carbocycles. The van der Waals surface area contributed by atoms with Crippen molar-refractivity contribution >= 4 is 21.6 Å². The number of hydrogen-bond donors (Lipinski definition) is 1. The number of rotatable bonds is 2. The molecule has 0 fully saturated rings. The monoisotopic (exact) mass is 333 g/mol. The topological polar surface area (TPSA) is 64.9 Å². The number of aromatic nitrogens is 2. The molecule has 0 unspecified atom stereocenters. The van der Waals surface area contributed by atoms with E-state index in [1.165, 1.54) is 6.07 Å². The van der Waals surface area contributed by atoms with Gasteiger partial charge >= 0.3 is 0 Å². The maximum Gasteiger partial charge on any atom is 0.258 e. The first-order valence-electron chi connectivity index (χ1n) is 5.78. The van der Waals surface area contributed by atoms with E-state index in [2.05, 4.69) is 26.1 Å². The van der Waals surface area contributed by atoms with Gasteiger partial charge in [-0.3, -0.25) is 0 Å². The first-order valence-corrected chi connectivity index (χ1v) is 6.58. The summed E-state index contributed by atoms with van der Waals surface area (Å²) in [6.45, 7) is 0. The quantitative estimate of drug-likeness (QED) is 0.722. The summed E-state index contributed by atoms with van der Waals surface area (Å²) >= 11 is 3.12. The zero-order chi connectivity index (χ0) is 14.1. The van der Waals surface area contributed by atoms with Crippen LogP contribution in [0.1, 0.15) is 0 Å². The highest BCUT2D eigenvalue weighted by atomic mass is 79.9. The number of benzene rings is 2. The molecule has 3 aromatic rings. The second-order valence-corrected chi connectivity index (χ2v) is 5.03. The van der Waals surface area contributed by atoms with Crippen molar-refractivity contribution in [3.63, 3.8) is 0 Å². The largest absolute Gasteiger partial charge is 0.399 e. The lowest BCUT2D eigenvalue weighted by Crippen LogP contribution is -1.86. The van der Waals surface area contributed by atoms with E-state index in [0.717, 1.165) is 5.56 Å². The van der Waals surface area contributed by atoms with Gasteiger partial charge in [-0.1, -0.05) is 17.3 Å². The van der Waals surface area contributed by atoms with Crippen molar-refractivity contribution in [3.8, 4) is 22.8 Å². The summed E-state index contributed by atoms with van der Waals surface area (Å²) in [7, 11) is 0. The van der Waals surface area contributed by atoms with Crippen molar-refractivity contribution in [3.05, 3.63) is 52.8 Å². The van der Waals surface area contributed by atoms with Crippen LogP contribution in [0.3, 0.4) is 0 Å². The molecule has 100 valence electrons. The van der Waals surface area contributed by atoms with Gasteiger partial charge in [0.15, 0.2) is 0 Å². The van der Waals surface area contributed by atoms with E-state index >= 15 is 0 Å². The van der Waals surface area contributed by atoms with Crippen molar-refractivity contribution in [2.45, 2.75) is 0 Å². The van der Waals surface area contributed by atoms with Crippen LogP contribution in [0.5, 0.6) is 0 Å². The maximum absolute atomic E-state index is 13.2. The fourth-order valence-electron chi connectivity index (χ4n) is 1.76. The van der Waals surface area contributed by atoms with E-state index in [1.807, 2.05) is 12.1 Å². The minimum Gasteiger partial charge on any atom is -0.399 e. The molecule has 0 bridgehead atoms. The number of nitrogens with zero attached hydrogens (tertiary/aromatic N) is 2. The molecule has 4 nitrogen and oxygen atoms in total. The van der Waals surface area contributed by atoms with Gasteiger partial charge in [0.25, 0.3) is 5.89 Å².